The van der Waals surface area contributed by atoms with Crippen molar-refractivity contribution < 1.29 is 6.30 Å². The molecule has 10 heavy (non-hydrogen) atoms. The van der Waals surface area contributed by atoms with Crippen molar-refractivity contribution in [1.29, 1.82) is 0 Å². The van der Waals surface area contributed by atoms with E-state index in [1.54, 1.807) is 0 Å². The van der Waals surface area contributed by atoms with Gasteiger partial charge in [0.25, 0.3) is 0 Å². The first-order chi connectivity index (χ1) is 4.92. The average molecular weight is 146 g/mol. The molecular weight excluding hydrogens is 124 g/mol. The molecule has 0 spiro atoms. The Morgan fingerprint density at radius 3 is 2.30 bits per heavy atom. The predicted octanol–water partition coefficient (Wildman–Crippen LogP) is -0.527. The molecule has 0 saturated carbocycles. The van der Waals surface area contributed by atoms with Crippen LogP contribution in [0.3, 0.4) is 0 Å². The molecule has 0 unspecified atom stereocenters. The molecule has 0 saturated heterocycles. The molecule has 0 rings (SSSR count). The molecule has 0 aromatic carbocycles. The third kappa shape index (κ3) is 7.92. The van der Waals surface area contributed by atoms with Crippen LogP contribution in [0.2, 0.25) is 1.41 Å². The molecule has 2 heteroatoms. The molecule has 0 aliphatic carbocycles. The molecule has 0 amide bonds. The second-order valence-corrected chi connectivity index (χ2v) is 3.31. The van der Waals surface area contributed by atoms with Gasteiger partial charge < -0.3 is 9.79 Å². The number of nitrogens with one attached hydrogen (secondary N) is 1. The third-order valence-electron chi connectivity index (χ3n) is 1.46. The van der Waals surface area contributed by atoms with Crippen molar-refractivity contribution in [1.82, 2.24) is 4.90 Å². The Balaban J connectivity index is 3.15. The van der Waals surface area contributed by atoms with Crippen LogP contribution >= 0.6 is 0 Å². The van der Waals surface area contributed by atoms with E-state index in [9.17, 15) is 0 Å². The summed E-state index contributed by atoms with van der Waals surface area (Å²) in [5.41, 5.74) is 0. The lowest BCUT2D eigenvalue weighted by atomic mass is 10.3. The summed E-state index contributed by atoms with van der Waals surface area (Å²) in [6.07, 6.45) is 2.35. The van der Waals surface area contributed by atoms with Gasteiger partial charge in [0.1, 0.15) is 0 Å². The Labute approximate surface area is 66.3 Å². The van der Waals surface area contributed by atoms with Gasteiger partial charge in [0.2, 0.25) is 0 Å². The minimum Gasteiger partial charge on any atom is -0.340 e. The summed E-state index contributed by atoms with van der Waals surface area (Å²) in [7, 11) is 7.99. The van der Waals surface area contributed by atoms with Crippen LogP contribution in [-0.2, 0) is 0 Å². The summed E-state index contributed by atoms with van der Waals surface area (Å²) in [6.45, 7) is 2.09. The highest BCUT2D eigenvalue weighted by Crippen LogP contribution is 1.86. The van der Waals surface area contributed by atoms with E-state index in [0.29, 0.717) is 4.89 Å². The van der Waals surface area contributed by atoms with Crippen molar-refractivity contribution in [2.24, 2.45) is 0 Å². The molecule has 1 N–H and O–H groups in total. The maximum atomic E-state index is 7.54. The van der Waals surface area contributed by atoms with Crippen LogP contribution in [-0.4, -0.2) is 46.2 Å². The fraction of sp³-hybridized carbons (Fsp3) is 1.00. The topological polar surface area (TPSA) is 7.68 Å². The van der Waals surface area contributed by atoms with Crippen molar-refractivity contribution in [2.75, 3.05) is 41.3 Å². The largest absolute Gasteiger partial charge is 0.347 e. The lowest BCUT2D eigenvalue weighted by Crippen LogP contribution is -3.05. The zero-order valence-corrected chi connectivity index (χ0v) is 7.72. The van der Waals surface area contributed by atoms with Crippen molar-refractivity contribution in [3.8, 4) is 0 Å². The van der Waals surface area contributed by atoms with Gasteiger partial charge in [-0.1, -0.05) is 0 Å². The Morgan fingerprint density at radius 1 is 1.30 bits per heavy atom. The van der Waals surface area contributed by atoms with Crippen LogP contribution in [0.15, 0.2) is 0 Å². The number of rotatable bonds is 5. The molecule has 0 aliphatic rings. The summed E-state index contributed by atoms with van der Waals surface area (Å²) in [5.74, 6) is 0. The summed E-state index contributed by atoms with van der Waals surface area (Å²) in [4.78, 5) is 2.53. The zero-order chi connectivity index (χ0) is 8.91. The Morgan fingerprint density at radius 2 is 1.90 bits per heavy atom. The molecule has 0 fully saturated rings. The van der Waals surface area contributed by atoms with Gasteiger partial charge in [0.15, 0.2) is 0 Å². The van der Waals surface area contributed by atoms with Crippen LogP contribution in [0.25, 0.3) is 0 Å². The van der Waals surface area contributed by atoms with E-state index in [1.165, 1.54) is 6.42 Å². The van der Waals surface area contributed by atoms with E-state index in [-0.39, 0.29) is 0 Å². The van der Waals surface area contributed by atoms with Gasteiger partial charge in [-0.3, -0.25) is 0 Å². The predicted molar refractivity (Wildman–Crippen MR) is 45.5 cm³/mol. The van der Waals surface area contributed by atoms with Crippen molar-refractivity contribution in [3.63, 3.8) is 0 Å². The van der Waals surface area contributed by atoms with Gasteiger partial charge in [-0.2, -0.15) is 0 Å². The van der Waals surface area contributed by atoms with Gasteiger partial charge in [-0.05, 0) is 33.5 Å². The fourth-order valence-electron chi connectivity index (χ4n) is 0.856. The van der Waals surface area contributed by atoms with Crippen LogP contribution in [0.1, 0.15) is 12.8 Å². The summed E-state index contributed by atoms with van der Waals surface area (Å²) in [5, 5.41) is 0. The second-order valence-electron chi connectivity index (χ2n) is 3.31. The van der Waals surface area contributed by atoms with E-state index < -0.39 is 0 Å². The average Bonchev–Trinajstić information content (AvgIpc) is 1.78. The quantitative estimate of drug-likeness (QED) is 0.513. The fourth-order valence-corrected chi connectivity index (χ4v) is 0.856. The maximum Gasteiger partial charge on any atom is 0.347 e. The van der Waals surface area contributed by atoms with Crippen molar-refractivity contribution >= 4 is 0 Å². The van der Waals surface area contributed by atoms with Gasteiger partial charge in [-0.25, -0.2) is 0 Å². The van der Waals surface area contributed by atoms with E-state index in [1.807, 2.05) is 14.1 Å². The van der Waals surface area contributed by atoms with Gasteiger partial charge in [0, 0.05) is 0 Å². The number of quaternary nitrogens is 1. The van der Waals surface area contributed by atoms with E-state index in [0.717, 1.165) is 19.5 Å². The highest BCUT2D eigenvalue weighted by molar-refractivity contribution is 4.42. The van der Waals surface area contributed by atoms with Crippen LogP contribution in [0.4, 0.5) is 0 Å². The lowest BCUT2D eigenvalue weighted by Gasteiger charge is -2.10. The van der Waals surface area contributed by atoms with E-state index >= 15 is 0 Å². The molecule has 0 atom stereocenters. The highest BCUT2D eigenvalue weighted by atomic mass is 15.1. The van der Waals surface area contributed by atoms with E-state index in [2.05, 4.69) is 19.0 Å². The summed E-state index contributed by atoms with van der Waals surface area (Å²) < 4.78 is 7.54. The molecule has 2 nitrogen and oxygen atoms in total. The zero-order valence-electron chi connectivity index (χ0n) is 8.72. The first-order valence-electron chi connectivity index (χ1n) is 4.37. The minimum atomic E-state index is 0.341. The minimum absolute atomic E-state index is 0.341. The maximum absolute atomic E-state index is 7.54. The normalized spacial score (nSPS) is 13.9. The second kappa shape index (κ2) is 5.69. The third-order valence-corrected chi connectivity index (χ3v) is 1.46. The Hall–Kier alpha value is -0.0800. The molecule has 0 bridgehead atoms. The van der Waals surface area contributed by atoms with Gasteiger partial charge in [-0.15, -0.1) is 0 Å². The van der Waals surface area contributed by atoms with Crippen molar-refractivity contribution in [3.05, 3.63) is 0 Å². The molecule has 0 heterocycles. The van der Waals surface area contributed by atoms with Gasteiger partial charge >= 0.3 is 1.41 Å². The number of hydrogen-bond acceptors (Lipinski definition) is 1. The van der Waals surface area contributed by atoms with Crippen molar-refractivity contribution in [2.45, 2.75) is 12.8 Å². The highest BCUT2D eigenvalue weighted by Gasteiger charge is 1.93. The number of unbranched alkanes of at least 4 members (excludes halogenated alkanes) is 1. The molecule has 0 aliphatic heterocycles. The SMILES string of the molecule is [2H][N+](C)(C)CCCCN(C)C. The van der Waals surface area contributed by atoms with Gasteiger partial charge in [0.05, 0.1) is 20.6 Å². The summed E-state index contributed by atoms with van der Waals surface area (Å²) in [6, 6.07) is 0. The Kier molecular flexibility index (Phi) is 4.56. The molecule has 0 aromatic rings. The molecule has 62 valence electrons. The van der Waals surface area contributed by atoms with Crippen LogP contribution in [0, 0.1) is 0 Å². The number of hydrogen-bond donors (Lipinski definition) is 1. The molecule has 0 radical (unpaired) electrons. The number of nitrogens with zero attached hydrogens (tertiary/aromatic N) is 1. The smallest absolute Gasteiger partial charge is 0.340 e. The molecular formula is C8H21N2+. The summed E-state index contributed by atoms with van der Waals surface area (Å²) >= 11 is 0. The monoisotopic (exact) mass is 146 g/mol. The van der Waals surface area contributed by atoms with Crippen LogP contribution < -0.4 is 4.89 Å². The Bertz CT molecular complexity index is 96.8. The molecule has 0 aromatic heterocycles. The first kappa shape index (κ1) is 8.02. The first-order valence-corrected chi connectivity index (χ1v) is 3.92. The standard InChI is InChI=1S/C8H20N2/c1-9(2)7-5-6-8-10(3)4/h5-8H2,1-4H3/p+1/i/hD. The van der Waals surface area contributed by atoms with E-state index in [4.69, 9.17) is 1.41 Å². The van der Waals surface area contributed by atoms with Crippen LogP contribution in [0.5, 0.6) is 0 Å². The lowest BCUT2D eigenvalue weighted by molar-refractivity contribution is -0.858.